The molecule has 1 N–H and O–H groups in total. The van der Waals surface area contributed by atoms with Crippen molar-refractivity contribution in [3.05, 3.63) is 77.5 Å². The second kappa shape index (κ2) is 10.7. The highest BCUT2D eigenvalue weighted by Crippen LogP contribution is 2.36. The van der Waals surface area contributed by atoms with Crippen LogP contribution in [0.25, 0.3) is 28.0 Å². The van der Waals surface area contributed by atoms with Crippen LogP contribution in [0.5, 0.6) is 5.75 Å². The zero-order chi connectivity index (χ0) is 28.7. The van der Waals surface area contributed by atoms with Crippen LogP contribution < -0.4 is 9.64 Å². The predicted octanol–water partition coefficient (Wildman–Crippen LogP) is 6.02. The average Bonchev–Trinajstić information content (AvgIpc) is 3.36. The molecule has 0 amide bonds. The number of carbonyl (C=O) groups is 1. The van der Waals surface area contributed by atoms with Crippen LogP contribution in [0.2, 0.25) is 0 Å². The Morgan fingerprint density at radius 1 is 1.10 bits per heavy atom. The van der Waals surface area contributed by atoms with Crippen molar-refractivity contribution >= 4 is 17.4 Å². The number of benzene rings is 2. The van der Waals surface area contributed by atoms with Gasteiger partial charge in [0.1, 0.15) is 17.7 Å². The molecule has 212 valence electrons. The summed E-state index contributed by atoms with van der Waals surface area (Å²) >= 11 is 0. The molecule has 0 radical (unpaired) electrons. The van der Waals surface area contributed by atoms with Crippen molar-refractivity contribution in [1.29, 1.82) is 0 Å². The third-order valence-electron chi connectivity index (χ3n) is 8.18. The first-order valence-electron chi connectivity index (χ1n) is 14.2. The zero-order valence-electron chi connectivity index (χ0n) is 24.1. The number of ether oxygens (including phenoxy) is 2. The topological polar surface area (TPSA) is 89.2 Å². The number of carboxylic acid groups (broad SMARTS) is 1. The van der Waals surface area contributed by atoms with E-state index >= 15 is 0 Å². The van der Waals surface area contributed by atoms with Crippen LogP contribution >= 0.6 is 0 Å². The lowest BCUT2D eigenvalue weighted by atomic mass is 9.93. The van der Waals surface area contributed by atoms with Gasteiger partial charge in [-0.05, 0) is 70.4 Å². The van der Waals surface area contributed by atoms with Crippen molar-refractivity contribution in [1.82, 2.24) is 14.6 Å². The van der Waals surface area contributed by atoms with E-state index in [1.165, 1.54) is 0 Å². The monoisotopic (exact) mass is 552 g/mol. The van der Waals surface area contributed by atoms with E-state index < -0.39 is 5.97 Å². The third kappa shape index (κ3) is 5.44. The Morgan fingerprint density at radius 3 is 2.66 bits per heavy atom. The Hall–Kier alpha value is -4.17. The van der Waals surface area contributed by atoms with E-state index in [-0.39, 0.29) is 18.1 Å². The summed E-state index contributed by atoms with van der Waals surface area (Å²) in [5, 5.41) is 14.8. The van der Waals surface area contributed by atoms with Gasteiger partial charge in [-0.1, -0.05) is 35.9 Å². The molecule has 1 fully saturated rings. The van der Waals surface area contributed by atoms with E-state index in [0.717, 1.165) is 65.4 Å². The van der Waals surface area contributed by atoms with Gasteiger partial charge in [-0.15, -0.1) is 0 Å². The Morgan fingerprint density at radius 2 is 1.88 bits per heavy atom. The van der Waals surface area contributed by atoms with Crippen molar-refractivity contribution in [3.63, 3.8) is 0 Å². The number of aliphatic carboxylic acids is 1. The van der Waals surface area contributed by atoms with Crippen LogP contribution in [0.1, 0.15) is 43.5 Å². The van der Waals surface area contributed by atoms with Crippen LogP contribution in [-0.4, -0.2) is 57.1 Å². The van der Waals surface area contributed by atoms with E-state index in [0.29, 0.717) is 23.5 Å². The molecule has 1 saturated heterocycles. The molecule has 0 saturated carbocycles. The largest absolute Gasteiger partial charge is 0.486 e. The molecule has 0 spiro atoms. The number of aryl methyl sites for hydroxylation is 2. The molecule has 1 unspecified atom stereocenters. The number of anilines is 1. The molecule has 41 heavy (non-hydrogen) atoms. The van der Waals surface area contributed by atoms with E-state index in [1.807, 2.05) is 54.8 Å². The molecule has 8 nitrogen and oxygen atoms in total. The van der Waals surface area contributed by atoms with Gasteiger partial charge >= 0.3 is 5.97 Å². The average molecular weight is 553 g/mol. The summed E-state index contributed by atoms with van der Waals surface area (Å²) in [5.41, 5.74) is 6.75. The number of aromatic nitrogens is 3. The second-order valence-corrected chi connectivity index (χ2v) is 11.4. The molecule has 0 aliphatic carbocycles. The quantitative estimate of drug-likeness (QED) is 0.304. The number of piperidine rings is 1. The van der Waals surface area contributed by atoms with Gasteiger partial charge in [0, 0.05) is 41.5 Å². The Bertz CT molecular complexity index is 1650. The SMILES string of the molecule is Cc1ccc2c(c1)-c1cccc(c1)-c1cc3nc(C)c(CC(=O)O)c(n3n1)N1CCC(C)(CC1)OC/C=C\C(C)O2. The van der Waals surface area contributed by atoms with Crippen molar-refractivity contribution in [3.8, 4) is 28.1 Å². The number of hydrogen-bond acceptors (Lipinski definition) is 6. The number of fused-ring (bicyclic) bond motifs is 6. The maximum absolute atomic E-state index is 11.9. The number of hydrogen-bond donors (Lipinski definition) is 1. The fourth-order valence-corrected chi connectivity index (χ4v) is 5.85. The van der Waals surface area contributed by atoms with Crippen molar-refractivity contribution in [2.45, 2.75) is 58.7 Å². The number of carboxylic acids is 1. The Balaban J connectivity index is 1.53. The highest BCUT2D eigenvalue weighted by molar-refractivity contribution is 5.78. The summed E-state index contributed by atoms with van der Waals surface area (Å²) in [4.78, 5) is 18.9. The summed E-state index contributed by atoms with van der Waals surface area (Å²) in [6.45, 7) is 10.1. The molecular formula is C33H36N4O4. The summed E-state index contributed by atoms with van der Waals surface area (Å²) in [6, 6.07) is 16.5. The number of rotatable bonds is 2. The van der Waals surface area contributed by atoms with Crippen LogP contribution in [0.4, 0.5) is 5.82 Å². The Labute approximate surface area is 240 Å². The number of nitrogens with zero attached hydrogens (tertiary/aromatic N) is 4. The van der Waals surface area contributed by atoms with Crippen molar-refractivity contribution in [2.75, 3.05) is 24.6 Å². The first-order valence-corrected chi connectivity index (χ1v) is 14.2. The molecule has 7 rings (SSSR count). The first kappa shape index (κ1) is 27.0. The molecule has 3 aliphatic rings. The molecule has 1 atom stereocenters. The molecule has 5 heterocycles. The standard InChI is InChI=1S/C33H36N4O4/c1-21-10-11-29-27(17-21)24-8-5-9-25(18-24)28-20-30-34-23(3)26(19-31(38)39)32(37(30)35-28)36-14-12-33(4,13-15-36)40-16-6-7-22(2)41-29/h5-11,17-18,20,22H,12-16,19H2,1-4H3,(H,38,39)/b7-6-. The maximum Gasteiger partial charge on any atom is 0.308 e. The summed E-state index contributed by atoms with van der Waals surface area (Å²) in [7, 11) is 0. The fraction of sp³-hybridized carbons (Fsp3) is 0.364. The van der Waals surface area contributed by atoms with Gasteiger partial charge in [-0.2, -0.15) is 9.61 Å². The normalized spacial score (nSPS) is 21.6. The third-order valence-corrected chi connectivity index (χ3v) is 8.18. The smallest absolute Gasteiger partial charge is 0.308 e. The maximum atomic E-state index is 11.9. The molecule has 8 heteroatoms. The van der Waals surface area contributed by atoms with Crippen LogP contribution in [0, 0.1) is 13.8 Å². The first-order chi connectivity index (χ1) is 19.7. The van der Waals surface area contributed by atoms with Gasteiger partial charge in [-0.3, -0.25) is 4.79 Å². The minimum Gasteiger partial charge on any atom is -0.486 e. The van der Waals surface area contributed by atoms with Crippen LogP contribution in [0.3, 0.4) is 0 Å². The predicted molar refractivity (Wildman–Crippen MR) is 160 cm³/mol. The van der Waals surface area contributed by atoms with Crippen LogP contribution in [-0.2, 0) is 16.0 Å². The van der Waals surface area contributed by atoms with Gasteiger partial charge in [0.25, 0.3) is 0 Å². The highest BCUT2D eigenvalue weighted by atomic mass is 16.5. The van der Waals surface area contributed by atoms with Gasteiger partial charge in [0.05, 0.1) is 24.3 Å². The molecule has 2 aromatic heterocycles. The van der Waals surface area contributed by atoms with Gasteiger partial charge in [-0.25, -0.2) is 4.98 Å². The lowest BCUT2D eigenvalue weighted by molar-refractivity contribution is -0.136. The van der Waals surface area contributed by atoms with E-state index in [4.69, 9.17) is 19.6 Å². The summed E-state index contributed by atoms with van der Waals surface area (Å²) < 4.78 is 14.6. The molecule has 4 aromatic rings. The fourth-order valence-electron chi connectivity index (χ4n) is 5.85. The Kier molecular flexibility index (Phi) is 7.03. The highest BCUT2D eigenvalue weighted by Gasteiger charge is 2.33. The summed E-state index contributed by atoms with van der Waals surface area (Å²) in [6.07, 6.45) is 5.47. The van der Waals surface area contributed by atoms with Crippen LogP contribution in [0.15, 0.2) is 60.7 Å². The lowest BCUT2D eigenvalue weighted by Crippen LogP contribution is -2.45. The van der Waals surface area contributed by atoms with Crippen molar-refractivity contribution in [2.24, 2.45) is 0 Å². The van der Waals surface area contributed by atoms with Gasteiger partial charge < -0.3 is 19.5 Å². The molecular weight excluding hydrogens is 516 g/mol. The van der Waals surface area contributed by atoms with E-state index in [2.05, 4.69) is 43.0 Å². The van der Waals surface area contributed by atoms with E-state index in [1.54, 1.807) is 0 Å². The summed E-state index contributed by atoms with van der Waals surface area (Å²) in [5.74, 6) is 0.735. The molecule has 3 aliphatic heterocycles. The molecule has 6 bridgehead atoms. The lowest BCUT2D eigenvalue weighted by Gasteiger charge is -2.40. The minimum atomic E-state index is -0.886. The van der Waals surface area contributed by atoms with Gasteiger partial charge in [0.2, 0.25) is 0 Å². The second-order valence-electron chi connectivity index (χ2n) is 11.4. The zero-order valence-corrected chi connectivity index (χ0v) is 24.1. The minimum absolute atomic E-state index is 0.113. The molecule has 2 aromatic carbocycles. The van der Waals surface area contributed by atoms with Gasteiger partial charge in [0.15, 0.2) is 5.65 Å². The van der Waals surface area contributed by atoms with E-state index in [9.17, 15) is 9.90 Å². The van der Waals surface area contributed by atoms with Crippen molar-refractivity contribution < 1.29 is 19.4 Å².